The molecule has 1 aromatic carbocycles. The number of aryl methyl sites for hydroxylation is 2. The summed E-state index contributed by atoms with van der Waals surface area (Å²) in [4.78, 5) is 0.199. The molecule has 0 aliphatic heterocycles. The molecule has 0 radical (unpaired) electrons. The second kappa shape index (κ2) is 3.27. The minimum absolute atomic E-state index is 0.0155. The van der Waals surface area contributed by atoms with Gasteiger partial charge in [0.05, 0.1) is 0 Å². The molecule has 1 heterocycles. The van der Waals surface area contributed by atoms with E-state index in [9.17, 15) is 5.21 Å². The van der Waals surface area contributed by atoms with Crippen LogP contribution in [0, 0.1) is 19.1 Å². The van der Waals surface area contributed by atoms with Gasteiger partial charge in [-0.2, -0.15) is 0 Å². The number of aromatic nitrogens is 2. The Morgan fingerprint density at radius 3 is 2.60 bits per heavy atom. The fourth-order valence-electron chi connectivity index (χ4n) is 1.34. The molecule has 0 amide bonds. The van der Waals surface area contributed by atoms with Crippen LogP contribution in [0.25, 0.3) is 11.3 Å². The quantitative estimate of drug-likeness (QED) is 0.709. The third-order valence-electron chi connectivity index (χ3n) is 2.43. The van der Waals surface area contributed by atoms with Gasteiger partial charge in [-0.3, -0.25) is 0 Å². The molecule has 0 unspecified atom stereocenters. The minimum Gasteiger partial charge on any atom is -0.391 e. The van der Waals surface area contributed by atoms with Crippen molar-refractivity contribution in [2.75, 3.05) is 5.73 Å². The van der Waals surface area contributed by atoms with Gasteiger partial charge in [-0.25, -0.2) is 0 Å². The zero-order valence-corrected chi connectivity index (χ0v) is 8.52. The molecule has 1 aromatic heterocycles. The molecule has 2 rings (SSSR count). The van der Waals surface area contributed by atoms with Crippen LogP contribution in [0.2, 0.25) is 0 Å². The first-order chi connectivity index (χ1) is 7.09. The van der Waals surface area contributed by atoms with E-state index < -0.39 is 0 Å². The molecule has 0 spiro atoms. The Hall–Kier alpha value is -2.04. The number of benzene rings is 1. The predicted molar refractivity (Wildman–Crippen MR) is 54.8 cm³/mol. The summed E-state index contributed by atoms with van der Waals surface area (Å²) in [5.41, 5.74) is 8.98. The molecule has 0 aliphatic carbocycles. The molecule has 0 saturated carbocycles. The monoisotopic (exact) mass is 205 g/mol. The van der Waals surface area contributed by atoms with Gasteiger partial charge in [-0.05, 0) is 36.2 Å². The fraction of sp³-hybridized carbons (Fsp3) is 0.200. The number of hydrogen-bond donors (Lipinski definition) is 1. The van der Waals surface area contributed by atoms with Crippen molar-refractivity contribution in [3.05, 3.63) is 34.5 Å². The molecule has 2 N–H and O–H groups in total. The molecule has 5 heteroatoms. The van der Waals surface area contributed by atoms with Crippen molar-refractivity contribution in [3.8, 4) is 11.3 Å². The van der Waals surface area contributed by atoms with Crippen LogP contribution in [0.4, 0.5) is 5.82 Å². The zero-order chi connectivity index (χ0) is 11.0. The molecular weight excluding hydrogens is 194 g/mol. The van der Waals surface area contributed by atoms with E-state index in [0.29, 0.717) is 5.69 Å². The van der Waals surface area contributed by atoms with E-state index >= 15 is 0 Å². The van der Waals surface area contributed by atoms with Crippen LogP contribution in [0.1, 0.15) is 11.1 Å². The molecule has 0 bridgehead atoms. The van der Waals surface area contributed by atoms with Crippen molar-refractivity contribution >= 4 is 5.82 Å². The standard InChI is InChI=1S/C10H11N3O2/c1-6-3-4-8(5-7(6)2)9-10(11)13(14)15-12-9/h3-5H,11H2,1-2H3. The van der Waals surface area contributed by atoms with E-state index in [0.717, 1.165) is 11.1 Å². The summed E-state index contributed by atoms with van der Waals surface area (Å²) in [6.45, 7) is 4.00. The Morgan fingerprint density at radius 2 is 2.07 bits per heavy atom. The smallest absolute Gasteiger partial charge is 0.300 e. The van der Waals surface area contributed by atoms with Gasteiger partial charge in [-0.1, -0.05) is 17.0 Å². The van der Waals surface area contributed by atoms with Crippen LogP contribution in [0.15, 0.2) is 22.8 Å². The Labute approximate surface area is 86.7 Å². The van der Waals surface area contributed by atoms with Crippen LogP contribution in [0.3, 0.4) is 0 Å². The van der Waals surface area contributed by atoms with E-state index in [1.165, 1.54) is 5.56 Å². The summed E-state index contributed by atoms with van der Waals surface area (Å²) in [6.07, 6.45) is 0. The van der Waals surface area contributed by atoms with Gasteiger partial charge in [0.2, 0.25) is 5.69 Å². The second-order valence-corrected chi connectivity index (χ2v) is 3.46. The Bertz CT molecular complexity index is 505. The number of hydrogen-bond acceptors (Lipinski definition) is 4. The van der Waals surface area contributed by atoms with Crippen molar-refractivity contribution in [2.24, 2.45) is 0 Å². The van der Waals surface area contributed by atoms with E-state index in [1.807, 2.05) is 32.0 Å². The number of rotatable bonds is 1. The number of nitrogen functional groups attached to an aromatic ring is 1. The maximum atomic E-state index is 10.9. The van der Waals surface area contributed by atoms with Gasteiger partial charge in [0.25, 0.3) is 5.82 Å². The van der Waals surface area contributed by atoms with Crippen LogP contribution in [-0.4, -0.2) is 5.16 Å². The van der Waals surface area contributed by atoms with Crippen molar-refractivity contribution in [3.63, 3.8) is 0 Å². The summed E-state index contributed by atoms with van der Waals surface area (Å²) in [5.74, 6) is -0.0155. The largest absolute Gasteiger partial charge is 0.391 e. The third kappa shape index (κ3) is 1.52. The maximum absolute atomic E-state index is 10.9. The average molecular weight is 205 g/mol. The molecule has 2 aromatic rings. The molecule has 5 nitrogen and oxygen atoms in total. The van der Waals surface area contributed by atoms with Crippen LogP contribution in [-0.2, 0) is 0 Å². The molecule has 0 atom stereocenters. The first kappa shape index (κ1) is 9.51. The third-order valence-corrected chi connectivity index (χ3v) is 2.43. The Kier molecular flexibility index (Phi) is 2.07. The normalized spacial score (nSPS) is 10.5. The van der Waals surface area contributed by atoms with Crippen LogP contribution < -0.4 is 10.6 Å². The number of anilines is 1. The first-order valence-corrected chi connectivity index (χ1v) is 4.52. The zero-order valence-electron chi connectivity index (χ0n) is 8.52. The first-order valence-electron chi connectivity index (χ1n) is 4.52. The second-order valence-electron chi connectivity index (χ2n) is 3.46. The highest BCUT2D eigenvalue weighted by Crippen LogP contribution is 2.23. The average Bonchev–Trinajstić information content (AvgIpc) is 2.53. The summed E-state index contributed by atoms with van der Waals surface area (Å²) >= 11 is 0. The van der Waals surface area contributed by atoms with Gasteiger partial charge in [-0.15, -0.1) is 0 Å². The SMILES string of the molecule is Cc1ccc(-c2no[n+]([O-])c2N)cc1C. The topological polar surface area (TPSA) is 79.0 Å². The highest BCUT2D eigenvalue weighted by molar-refractivity contribution is 5.68. The lowest BCUT2D eigenvalue weighted by Crippen LogP contribution is -2.26. The molecule has 15 heavy (non-hydrogen) atoms. The Balaban J connectivity index is 2.55. The summed E-state index contributed by atoms with van der Waals surface area (Å²) < 4.78 is 4.41. The molecular formula is C10H11N3O2. The van der Waals surface area contributed by atoms with Gasteiger partial charge >= 0.3 is 0 Å². The van der Waals surface area contributed by atoms with Gasteiger partial charge in [0.15, 0.2) is 0 Å². The van der Waals surface area contributed by atoms with Crippen LogP contribution in [0.5, 0.6) is 0 Å². The van der Waals surface area contributed by atoms with E-state index in [2.05, 4.69) is 9.79 Å². The van der Waals surface area contributed by atoms with E-state index in [-0.39, 0.29) is 10.7 Å². The van der Waals surface area contributed by atoms with Gasteiger partial charge in [0.1, 0.15) is 0 Å². The summed E-state index contributed by atoms with van der Waals surface area (Å²) in [6, 6.07) is 5.73. The van der Waals surface area contributed by atoms with Crippen molar-refractivity contribution < 1.29 is 9.53 Å². The highest BCUT2D eigenvalue weighted by Gasteiger charge is 2.15. The van der Waals surface area contributed by atoms with Gasteiger partial charge in [0, 0.05) is 5.56 Å². The summed E-state index contributed by atoms with van der Waals surface area (Å²) in [5, 5.41) is 14.5. The van der Waals surface area contributed by atoms with Gasteiger partial charge < -0.3 is 15.6 Å². The van der Waals surface area contributed by atoms with Crippen molar-refractivity contribution in [2.45, 2.75) is 13.8 Å². The highest BCUT2D eigenvalue weighted by atomic mass is 16.8. The molecule has 0 fully saturated rings. The van der Waals surface area contributed by atoms with Crippen LogP contribution >= 0.6 is 0 Å². The van der Waals surface area contributed by atoms with E-state index in [1.54, 1.807) is 0 Å². The van der Waals surface area contributed by atoms with Crippen molar-refractivity contribution in [1.82, 2.24) is 5.16 Å². The molecule has 0 saturated heterocycles. The number of nitrogens with zero attached hydrogens (tertiary/aromatic N) is 2. The number of nitrogens with two attached hydrogens (primary N) is 1. The molecule has 0 aliphatic rings. The minimum atomic E-state index is -0.0155. The molecule has 78 valence electrons. The lowest BCUT2D eigenvalue weighted by atomic mass is 10.0. The predicted octanol–water partition coefficient (Wildman–Crippen LogP) is 1.17. The lowest BCUT2D eigenvalue weighted by molar-refractivity contribution is -0.790. The van der Waals surface area contributed by atoms with E-state index in [4.69, 9.17) is 5.73 Å². The summed E-state index contributed by atoms with van der Waals surface area (Å²) in [7, 11) is 0. The lowest BCUT2D eigenvalue weighted by Gasteiger charge is -2.00. The fourth-order valence-corrected chi connectivity index (χ4v) is 1.34. The maximum Gasteiger partial charge on any atom is 0.300 e. The Morgan fingerprint density at radius 1 is 1.33 bits per heavy atom. The van der Waals surface area contributed by atoms with Crippen molar-refractivity contribution in [1.29, 1.82) is 0 Å².